The maximum Gasteiger partial charge on any atom is 0.260 e. The van der Waals surface area contributed by atoms with Crippen LogP contribution in [0, 0.1) is 5.92 Å². The van der Waals surface area contributed by atoms with Crippen LogP contribution in [0.5, 0.6) is 5.75 Å². The molecule has 1 unspecified atom stereocenters. The lowest BCUT2D eigenvalue weighted by Crippen LogP contribution is -2.27. The predicted octanol–water partition coefficient (Wildman–Crippen LogP) is 3.26. The number of ether oxygens (including phenoxy) is 1. The maximum absolute atomic E-state index is 12.1. The van der Waals surface area contributed by atoms with Crippen molar-refractivity contribution in [2.75, 3.05) is 5.75 Å². The minimum atomic E-state index is -0.356. The van der Waals surface area contributed by atoms with E-state index >= 15 is 0 Å². The van der Waals surface area contributed by atoms with Gasteiger partial charge in [-0.3, -0.25) is 4.79 Å². The maximum atomic E-state index is 12.1. The first kappa shape index (κ1) is 18.6. The molecule has 2 aromatic rings. The number of nitrogens with zero attached hydrogens (tertiary/aromatic N) is 5. The zero-order valence-corrected chi connectivity index (χ0v) is 16.5. The molecule has 0 fully saturated rings. The molecule has 0 saturated carbocycles. The molecule has 0 spiro atoms. The summed E-state index contributed by atoms with van der Waals surface area (Å²) in [7, 11) is 1.87. The number of aliphatic imine (C=N–C) groups is 2. The van der Waals surface area contributed by atoms with Crippen LogP contribution in [0.25, 0.3) is 0 Å². The first-order valence-electron chi connectivity index (χ1n) is 8.54. The first-order chi connectivity index (χ1) is 13.6. The van der Waals surface area contributed by atoms with E-state index in [9.17, 15) is 4.79 Å². The van der Waals surface area contributed by atoms with Gasteiger partial charge in [-0.25, -0.2) is 4.99 Å². The Bertz CT molecular complexity index is 1020. The SMILES string of the molecule is Cn1c(COc2ccc(Cl)cc2)nnc1SCC1=NC(=O)C2C=CC=CC2=N1. The minimum Gasteiger partial charge on any atom is -0.486 e. The van der Waals surface area contributed by atoms with E-state index in [4.69, 9.17) is 16.3 Å². The van der Waals surface area contributed by atoms with E-state index < -0.39 is 0 Å². The fraction of sp³-hybridized carbons (Fsp3) is 0.211. The summed E-state index contributed by atoms with van der Waals surface area (Å²) >= 11 is 7.29. The van der Waals surface area contributed by atoms with Crippen molar-refractivity contribution in [1.82, 2.24) is 14.8 Å². The monoisotopic (exact) mass is 413 g/mol. The Morgan fingerprint density at radius 1 is 1.18 bits per heavy atom. The third kappa shape index (κ3) is 4.07. The van der Waals surface area contributed by atoms with Crippen LogP contribution in [0.4, 0.5) is 0 Å². The lowest BCUT2D eigenvalue weighted by atomic mass is 9.97. The Kier molecular flexibility index (Phi) is 5.40. The molecule has 2 heterocycles. The fourth-order valence-electron chi connectivity index (χ4n) is 2.69. The summed E-state index contributed by atoms with van der Waals surface area (Å²) in [6, 6.07) is 7.14. The fourth-order valence-corrected chi connectivity index (χ4v) is 3.60. The molecule has 142 valence electrons. The van der Waals surface area contributed by atoms with Crippen molar-refractivity contribution in [3.63, 3.8) is 0 Å². The molecule has 1 aliphatic carbocycles. The van der Waals surface area contributed by atoms with Crippen molar-refractivity contribution >= 4 is 40.8 Å². The van der Waals surface area contributed by atoms with Gasteiger partial charge >= 0.3 is 0 Å². The molecule has 9 heteroatoms. The minimum absolute atomic E-state index is 0.184. The molecule has 0 N–H and O–H groups in total. The highest BCUT2D eigenvalue weighted by molar-refractivity contribution is 7.99. The highest BCUT2D eigenvalue weighted by atomic mass is 35.5. The van der Waals surface area contributed by atoms with Gasteiger partial charge in [0, 0.05) is 12.1 Å². The molecule has 28 heavy (non-hydrogen) atoms. The van der Waals surface area contributed by atoms with Crippen LogP contribution in [0.2, 0.25) is 5.02 Å². The molecule has 1 aliphatic heterocycles. The summed E-state index contributed by atoms with van der Waals surface area (Å²) in [5, 5.41) is 9.72. The van der Waals surface area contributed by atoms with Gasteiger partial charge in [0.1, 0.15) is 24.1 Å². The number of halogens is 1. The third-order valence-corrected chi connectivity index (χ3v) is 5.47. The van der Waals surface area contributed by atoms with E-state index in [0.717, 1.165) is 5.71 Å². The van der Waals surface area contributed by atoms with Crippen LogP contribution in [-0.4, -0.2) is 38.0 Å². The van der Waals surface area contributed by atoms with Crippen LogP contribution in [-0.2, 0) is 18.4 Å². The number of thioether (sulfide) groups is 1. The number of hydrogen-bond acceptors (Lipinski definition) is 6. The van der Waals surface area contributed by atoms with Crippen LogP contribution < -0.4 is 4.74 Å². The number of hydrogen-bond donors (Lipinski definition) is 0. The number of aromatic nitrogens is 3. The second-order valence-corrected chi connectivity index (χ2v) is 7.49. The topological polar surface area (TPSA) is 81.7 Å². The molecule has 1 amide bonds. The van der Waals surface area contributed by atoms with Gasteiger partial charge in [0.15, 0.2) is 11.0 Å². The second kappa shape index (κ2) is 8.12. The number of amides is 1. The van der Waals surface area contributed by atoms with Crippen molar-refractivity contribution in [2.24, 2.45) is 23.0 Å². The average molecular weight is 414 g/mol. The highest BCUT2D eigenvalue weighted by Gasteiger charge is 2.26. The van der Waals surface area contributed by atoms with Crippen molar-refractivity contribution < 1.29 is 9.53 Å². The van der Waals surface area contributed by atoms with Gasteiger partial charge in [0.05, 0.1) is 11.5 Å². The summed E-state index contributed by atoms with van der Waals surface area (Å²) < 4.78 is 7.57. The molecule has 2 aliphatic rings. The van der Waals surface area contributed by atoms with Crippen molar-refractivity contribution in [3.8, 4) is 5.75 Å². The number of allylic oxidation sites excluding steroid dienone is 3. The summed E-state index contributed by atoms with van der Waals surface area (Å²) in [4.78, 5) is 20.7. The first-order valence-corrected chi connectivity index (χ1v) is 9.91. The Labute approximate surface area is 170 Å². The number of rotatable bonds is 6. The summed E-state index contributed by atoms with van der Waals surface area (Å²) in [6.07, 6.45) is 7.36. The lowest BCUT2D eigenvalue weighted by molar-refractivity contribution is -0.118. The van der Waals surface area contributed by atoms with Gasteiger partial charge in [-0.15, -0.1) is 10.2 Å². The zero-order valence-electron chi connectivity index (χ0n) is 14.9. The molecule has 0 saturated heterocycles. The van der Waals surface area contributed by atoms with Gasteiger partial charge in [-0.1, -0.05) is 41.6 Å². The van der Waals surface area contributed by atoms with Crippen LogP contribution >= 0.6 is 23.4 Å². The third-order valence-electron chi connectivity index (χ3n) is 4.20. The normalized spacial score (nSPS) is 17.9. The van der Waals surface area contributed by atoms with Crippen molar-refractivity contribution in [3.05, 3.63) is 59.4 Å². The molecular formula is C19H16ClN5O2S. The number of amidine groups is 1. The average Bonchev–Trinajstić information content (AvgIpc) is 3.06. The number of benzene rings is 1. The quantitative estimate of drug-likeness (QED) is 0.679. The van der Waals surface area contributed by atoms with Gasteiger partial charge < -0.3 is 9.30 Å². The van der Waals surface area contributed by atoms with Gasteiger partial charge in [0.25, 0.3) is 5.91 Å². The van der Waals surface area contributed by atoms with E-state index in [1.165, 1.54) is 11.8 Å². The van der Waals surface area contributed by atoms with Crippen LogP contribution in [0.3, 0.4) is 0 Å². The molecule has 0 bridgehead atoms. The van der Waals surface area contributed by atoms with E-state index in [0.29, 0.717) is 33.3 Å². The van der Waals surface area contributed by atoms with Crippen LogP contribution in [0.15, 0.2) is 63.7 Å². The van der Waals surface area contributed by atoms with E-state index in [-0.39, 0.29) is 18.4 Å². The Morgan fingerprint density at radius 3 is 2.82 bits per heavy atom. The van der Waals surface area contributed by atoms with Crippen LogP contribution in [0.1, 0.15) is 5.82 Å². The summed E-state index contributed by atoms with van der Waals surface area (Å²) in [6.45, 7) is 0.284. The van der Waals surface area contributed by atoms with Gasteiger partial charge in [0.2, 0.25) is 0 Å². The standard InChI is InChI=1S/C19H16ClN5O2S/c1-25-17(10-27-13-8-6-12(20)7-9-13)23-24-19(25)28-11-16-21-15-5-3-2-4-14(15)18(26)22-16/h2-9,14H,10-11H2,1H3. The highest BCUT2D eigenvalue weighted by Crippen LogP contribution is 2.22. The lowest BCUT2D eigenvalue weighted by Gasteiger charge is -2.17. The largest absolute Gasteiger partial charge is 0.486 e. The Balaban J connectivity index is 1.38. The smallest absolute Gasteiger partial charge is 0.260 e. The molecule has 0 radical (unpaired) electrons. The Morgan fingerprint density at radius 2 is 2.00 bits per heavy atom. The zero-order chi connectivity index (χ0) is 19.5. The molecule has 4 rings (SSSR count). The van der Waals surface area contributed by atoms with E-state index in [1.54, 1.807) is 24.3 Å². The molecule has 1 aromatic heterocycles. The van der Waals surface area contributed by atoms with E-state index in [1.807, 2.05) is 35.9 Å². The molecular weight excluding hydrogens is 398 g/mol. The van der Waals surface area contributed by atoms with Crippen molar-refractivity contribution in [1.29, 1.82) is 0 Å². The molecule has 1 aromatic carbocycles. The van der Waals surface area contributed by atoms with E-state index in [2.05, 4.69) is 20.2 Å². The number of carbonyl (C=O) groups excluding carboxylic acids is 1. The molecule has 1 atom stereocenters. The second-order valence-electron chi connectivity index (χ2n) is 6.11. The van der Waals surface area contributed by atoms with Gasteiger partial charge in [-0.05, 0) is 30.3 Å². The summed E-state index contributed by atoms with van der Waals surface area (Å²) in [5.41, 5.74) is 0.730. The predicted molar refractivity (Wildman–Crippen MR) is 109 cm³/mol. The van der Waals surface area contributed by atoms with Gasteiger partial charge in [-0.2, -0.15) is 4.99 Å². The van der Waals surface area contributed by atoms with Crippen molar-refractivity contribution in [2.45, 2.75) is 11.8 Å². The number of fused-ring (bicyclic) bond motifs is 1. The summed E-state index contributed by atoms with van der Waals surface area (Å²) in [5.74, 6) is 1.77. The molecule has 7 nitrogen and oxygen atoms in total. The Hall–Kier alpha value is -2.71. The number of carbonyl (C=O) groups is 1.